The van der Waals surface area contributed by atoms with Crippen LogP contribution in [0.15, 0.2) is 18.2 Å². The summed E-state index contributed by atoms with van der Waals surface area (Å²) in [6.45, 7) is 7.94. The summed E-state index contributed by atoms with van der Waals surface area (Å²) < 4.78 is 0. The third-order valence-electron chi connectivity index (χ3n) is 2.85. The second-order valence-electron chi connectivity index (χ2n) is 4.75. The molecule has 0 saturated carbocycles. The number of nitrogens with zero attached hydrogens (tertiary/aromatic N) is 1. The van der Waals surface area contributed by atoms with Gasteiger partial charge in [0.15, 0.2) is 0 Å². The molecular formula is C14H22ClN3O. The number of halogens is 1. The van der Waals surface area contributed by atoms with Gasteiger partial charge in [-0.2, -0.15) is 0 Å². The van der Waals surface area contributed by atoms with Crippen molar-refractivity contribution in [3.63, 3.8) is 0 Å². The molecule has 0 atom stereocenters. The van der Waals surface area contributed by atoms with Gasteiger partial charge in [0.05, 0.1) is 17.3 Å². The molecule has 19 heavy (non-hydrogen) atoms. The number of nitrogens with two attached hydrogens (primary N) is 1. The zero-order chi connectivity index (χ0) is 14.4. The highest BCUT2D eigenvalue weighted by molar-refractivity contribution is 6.33. The number of amides is 1. The van der Waals surface area contributed by atoms with Crippen molar-refractivity contribution in [1.82, 2.24) is 5.32 Å². The zero-order valence-electron chi connectivity index (χ0n) is 11.7. The number of hydrogen-bond donors (Lipinski definition) is 2. The van der Waals surface area contributed by atoms with E-state index in [1.165, 1.54) is 0 Å². The lowest BCUT2D eigenvalue weighted by molar-refractivity contribution is -0.116. The van der Waals surface area contributed by atoms with Crippen molar-refractivity contribution in [3.05, 3.63) is 28.8 Å². The lowest BCUT2D eigenvalue weighted by atomic mass is 10.1. The number of carbonyl (C=O) groups excluding carboxylic acids is 1. The molecule has 1 rings (SSSR count). The molecule has 4 nitrogen and oxygen atoms in total. The molecular weight excluding hydrogens is 262 g/mol. The SMILES string of the molecule is CCNCc1ccc(N(CC(N)=O)C(C)C)c(Cl)c1. The van der Waals surface area contributed by atoms with E-state index in [4.69, 9.17) is 17.3 Å². The summed E-state index contributed by atoms with van der Waals surface area (Å²) >= 11 is 6.31. The Labute approximate surface area is 119 Å². The molecule has 1 aromatic carbocycles. The molecule has 0 spiro atoms. The van der Waals surface area contributed by atoms with Gasteiger partial charge in [0.2, 0.25) is 5.91 Å². The Balaban J connectivity index is 2.94. The Hall–Kier alpha value is -1.26. The van der Waals surface area contributed by atoms with Gasteiger partial charge in [-0.25, -0.2) is 0 Å². The summed E-state index contributed by atoms with van der Waals surface area (Å²) in [6, 6.07) is 6.04. The largest absolute Gasteiger partial charge is 0.368 e. The number of anilines is 1. The minimum Gasteiger partial charge on any atom is -0.368 e. The van der Waals surface area contributed by atoms with Gasteiger partial charge in [0.25, 0.3) is 0 Å². The third-order valence-corrected chi connectivity index (χ3v) is 3.15. The molecule has 0 aliphatic heterocycles. The Morgan fingerprint density at radius 2 is 2.16 bits per heavy atom. The molecule has 5 heteroatoms. The number of nitrogens with one attached hydrogen (secondary N) is 1. The summed E-state index contributed by atoms with van der Waals surface area (Å²) in [5, 5.41) is 3.89. The van der Waals surface area contributed by atoms with Gasteiger partial charge < -0.3 is 16.0 Å². The zero-order valence-corrected chi connectivity index (χ0v) is 12.5. The van der Waals surface area contributed by atoms with Crippen LogP contribution < -0.4 is 16.0 Å². The highest BCUT2D eigenvalue weighted by atomic mass is 35.5. The van der Waals surface area contributed by atoms with Gasteiger partial charge in [0.1, 0.15) is 0 Å². The van der Waals surface area contributed by atoms with Crippen LogP contribution in [0.2, 0.25) is 5.02 Å². The van der Waals surface area contributed by atoms with Gasteiger partial charge >= 0.3 is 0 Å². The normalized spacial score (nSPS) is 10.8. The maximum Gasteiger partial charge on any atom is 0.236 e. The topological polar surface area (TPSA) is 58.4 Å². The summed E-state index contributed by atoms with van der Waals surface area (Å²) in [5.74, 6) is -0.360. The lowest BCUT2D eigenvalue weighted by Crippen LogP contribution is -2.38. The van der Waals surface area contributed by atoms with Crippen LogP contribution >= 0.6 is 11.6 Å². The summed E-state index contributed by atoms with van der Waals surface area (Å²) in [5.41, 5.74) is 7.25. The maximum atomic E-state index is 11.1. The van der Waals surface area contributed by atoms with Crippen molar-refractivity contribution in [2.75, 3.05) is 18.0 Å². The van der Waals surface area contributed by atoms with Crippen LogP contribution in [-0.2, 0) is 11.3 Å². The third kappa shape index (κ3) is 4.73. The number of primary amides is 1. The monoisotopic (exact) mass is 283 g/mol. The van der Waals surface area contributed by atoms with Gasteiger partial charge in [-0.1, -0.05) is 24.6 Å². The molecule has 106 valence electrons. The lowest BCUT2D eigenvalue weighted by Gasteiger charge is -2.28. The van der Waals surface area contributed by atoms with Crippen molar-refractivity contribution in [3.8, 4) is 0 Å². The molecule has 0 aliphatic carbocycles. The first-order valence-corrected chi connectivity index (χ1v) is 6.87. The molecule has 0 aliphatic rings. The highest BCUT2D eigenvalue weighted by Gasteiger charge is 2.16. The number of carbonyl (C=O) groups is 1. The number of hydrogen-bond acceptors (Lipinski definition) is 3. The molecule has 0 fully saturated rings. The second kappa shape index (κ2) is 7.36. The van der Waals surface area contributed by atoms with E-state index in [1.807, 2.05) is 36.9 Å². The van der Waals surface area contributed by atoms with Crippen LogP contribution in [0.5, 0.6) is 0 Å². The van der Waals surface area contributed by atoms with Crippen molar-refractivity contribution in [2.45, 2.75) is 33.4 Å². The first kappa shape index (κ1) is 15.8. The van der Waals surface area contributed by atoms with E-state index >= 15 is 0 Å². The van der Waals surface area contributed by atoms with Crippen LogP contribution in [-0.4, -0.2) is 25.0 Å². The van der Waals surface area contributed by atoms with Crippen LogP contribution in [0.3, 0.4) is 0 Å². The van der Waals surface area contributed by atoms with Crippen molar-refractivity contribution >= 4 is 23.2 Å². The predicted molar refractivity (Wildman–Crippen MR) is 80.5 cm³/mol. The first-order valence-electron chi connectivity index (χ1n) is 6.49. The first-order chi connectivity index (χ1) is 8.95. The van der Waals surface area contributed by atoms with Gasteiger partial charge in [0, 0.05) is 12.6 Å². The van der Waals surface area contributed by atoms with Gasteiger partial charge in [-0.05, 0) is 38.1 Å². The van der Waals surface area contributed by atoms with Crippen molar-refractivity contribution in [2.24, 2.45) is 5.73 Å². The molecule has 0 radical (unpaired) electrons. The Morgan fingerprint density at radius 3 is 2.63 bits per heavy atom. The fourth-order valence-electron chi connectivity index (χ4n) is 1.88. The summed E-state index contributed by atoms with van der Waals surface area (Å²) in [6.07, 6.45) is 0. The van der Waals surface area contributed by atoms with Crippen LogP contribution in [0.4, 0.5) is 5.69 Å². The molecule has 3 N–H and O–H groups in total. The quantitative estimate of drug-likeness (QED) is 0.806. The van der Waals surface area contributed by atoms with E-state index < -0.39 is 0 Å². The van der Waals surface area contributed by atoms with Crippen LogP contribution in [0.25, 0.3) is 0 Å². The van der Waals surface area contributed by atoms with E-state index in [-0.39, 0.29) is 18.5 Å². The van der Waals surface area contributed by atoms with Crippen molar-refractivity contribution in [1.29, 1.82) is 0 Å². The minimum atomic E-state index is -0.360. The fourth-order valence-corrected chi connectivity index (χ4v) is 2.19. The molecule has 1 aromatic rings. The van der Waals surface area contributed by atoms with Gasteiger partial charge in [-0.3, -0.25) is 4.79 Å². The van der Waals surface area contributed by atoms with Crippen molar-refractivity contribution < 1.29 is 4.79 Å². The van der Waals surface area contributed by atoms with E-state index in [2.05, 4.69) is 12.2 Å². The number of benzene rings is 1. The molecule has 0 heterocycles. The maximum absolute atomic E-state index is 11.1. The predicted octanol–water partition coefficient (Wildman–Crippen LogP) is 2.15. The molecule has 0 unspecified atom stereocenters. The smallest absolute Gasteiger partial charge is 0.236 e. The van der Waals surface area contributed by atoms with E-state index in [9.17, 15) is 4.79 Å². The average Bonchev–Trinajstić information content (AvgIpc) is 2.33. The van der Waals surface area contributed by atoms with Crippen LogP contribution in [0, 0.1) is 0 Å². The average molecular weight is 284 g/mol. The summed E-state index contributed by atoms with van der Waals surface area (Å²) in [4.78, 5) is 13.0. The van der Waals surface area contributed by atoms with Crippen LogP contribution in [0.1, 0.15) is 26.3 Å². The Bertz CT molecular complexity index is 435. The van der Waals surface area contributed by atoms with Gasteiger partial charge in [-0.15, -0.1) is 0 Å². The van der Waals surface area contributed by atoms with E-state index in [0.29, 0.717) is 5.02 Å². The number of rotatable bonds is 7. The summed E-state index contributed by atoms with van der Waals surface area (Å²) in [7, 11) is 0. The molecule has 0 bridgehead atoms. The highest BCUT2D eigenvalue weighted by Crippen LogP contribution is 2.28. The standard InChI is InChI=1S/C14H22ClN3O/c1-4-17-8-11-5-6-13(12(15)7-11)18(10(2)3)9-14(16)19/h5-7,10,17H,4,8-9H2,1-3H3,(H2,16,19). The Kier molecular flexibility index (Phi) is 6.12. The second-order valence-corrected chi connectivity index (χ2v) is 5.16. The van der Waals surface area contributed by atoms with E-state index in [1.54, 1.807) is 0 Å². The molecule has 0 aromatic heterocycles. The molecule has 1 amide bonds. The van der Waals surface area contributed by atoms with E-state index in [0.717, 1.165) is 24.3 Å². The Morgan fingerprint density at radius 1 is 1.47 bits per heavy atom. The fraction of sp³-hybridized carbons (Fsp3) is 0.500. The molecule has 0 saturated heterocycles. The minimum absolute atomic E-state index is 0.157.